The molecule has 1 aromatic heterocycles. The summed E-state index contributed by atoms with van der Waals surface area (Å²) in [7, 11) is 0. The Kier molecular flexibility index (Phi) is 3.99. The molecule has 0 atom stereocenters. The van der Waals surface area contributed by atoms with Crippen LogP contribution in [0.15, 0.2) is 18.2 Å². The van der Waals surface area contributed by atoms with Crippen molar-refractivity contribution in [1.82, 2.24) is 20.2 Å². The summed E-state index contributed by atoms with van der Waals surface area (Å²) in [6.45, 7) is 7.69. The van der Waals surface area contributed by atoms with E-state index < -0.39 is 0 Å². The van der Waals surface area contributed by atoms with E-state index in [1.54, 1.807) is 0 Å². The van der Waals surface area contributed by atoms with Gasteiger partial charge in [0.05, 0.1) is 17.6 Å². The zero-order chi connectivity index (χ0) is 14.8. The molecule has 0 bridgehead atoms. The van der Waals surface area contributed by atoms with E-state index in [9.17, 15) is 0 Å². The number of likely N-dealkylation sites (tertiary alicyclic amines) is 1. The highest BCUT2D eigenvalue weighted by molar-refractivity contribution is 5.79. The fourth-order valence-electron chi connectivity index (χ4n) is 3.57. The minimum atomic E-state index is 0.956. The van der Waals surface area contributed by atoms with E-state index in [1.165, 1.54) is 43.6 Å². The van der Waals surface area contributed by atoms with Crippen LogP contribution in [0, 0.1) is 0 Å². The molecule has 2 aliphatic rings. The Morgan fingerprint density at radius 3 is 2.64 bits per heavy atom. The van der Waals surface area contributed by atoms with Crippen molar-refractivity contribution in [3.8, 4) is 0 Å². The zero-order valence-electron chi connectivity index (χ0n) is 13.1. The number of imidazole rings is 1. The van der Waals surface area contributed by atoms with Crippen LogP contribution in [0.1, 0.15) is 25.1 Å². The van der Waals surface area contributed by atoms with E-state index in [1.807, 2.05) is 0 Å². The van der Waals surface area contributed by atoms with E-state index in [0.717, 1.165) is 44.1 Å². The average molecular weight is 299 g/mol. The second-order valence-corrected chi connectivity index (χ2v) is 6.46. The molecule has 2 aliphatic heterocycles. The van der Waals surface area contributed by atoms with Crippen molar-refractivity contribution in [3.05, 3.63) is 24.0 Å². The van der Waals surface area contributed by atoms with Crippen molar-refractivity contribution in [2.75, 3.05) is 44.2 Å². The topological polar surface area (TPSA) is 47.2 Å². The van der Waals surface area contributed by atoms with E-state index in [0.29, 0.717) is 0 Å². The van der Waals surface area contributed by atoms with E-state index in [2.05, 4.69) is 38.3 Å². The third kappa shape index (κ3) is 2.96. The van der Waals surface area contributed by atoms with Crippen molar-refractivity contribution in [3.63, 3.8) is 0 Å². The summed E-state index contributed by atoms with van der Waals surface area (Å²) in [5.74, 6) is 1.11. The van der Waals surface area contributed by atoms with Crippen LogP contribution in [0.4, 0.5) is 5.69 Å². The van der Waals surface area contributed by atoms with Gasteiger partial charge in [0.25, 0.3) is 0 Å². The third-order valence-corrected chi connectivity index (χ3v) is 4.82. The summed E-state index contributed by atoms with van der Waals surface area (Å²) in [6.07, 6.45) is 4.03. The molecule has 2 saturated heterocycles. The van der Waals surface area contributed by atoms with Crippen LogP contribution in [-0.4, -0.2) is 54.1 Å². The van der Waals surface area contributed by atoms with Crippen molar-refractivity contribution in [1.29, 1.82) is 0 Å². The molecule has 0 aliphatic carbocycles. The quantitative estimate of drug-likeness (QED) is 0.909. The lowest BCUT2D eigenvalue weighted by molar-refractivity contribution is 0.216. The first-order chi connectivity index (χ1) is 10.9. The van der Waals surface area contributed by atoms with Crippen molar-refractivity contribution in [2.45, 2.75) is 25.8 Å². The minimum absolute atomic E-state index is 0.956. The fourth-order valence-corrected chi connectivity index (χ4v) is 3.57. The van der Waals surface area contributed by atoms with Gasteiger partial charge in [-0.15, -0.1) is 0 Å². The SMILES string of the molecule is c1cc2nc(CN3CCCCC3)[nH]c2cc1N1CCNCC1. The summed E-state index contributed by atoms with van der Waals surface area (Å²) < 4.78 is 0. The average Bonchev–Trinajstić information content (AvgIpc) is 2.98. The van der Waals surface area contributed by atoms with Crippen molar-refractivity contribution < 1.29 is 0 Å². The van der Waals surface area contributed by atoms with Gasteiger partial charge in [0.15, 0.2) is 0 Å². The maximum atomic E-state index is 4.76. The molecular formula is C17H25N5. The maximum Gasteiger partial charge on any atom is 0.121 e. The zero-order valence-corrected chi connectivity index (χ0v) is 13.1. The Labute approximate surface area is 131 Å². The van der Waals surface area contributed by atoms with Gasteiger partial charge in [0, 0.05) is 31.9 Å². The molecule has 0 amide bonds. The number of piperidine rings is 1. The van der Waals surface area contributed by atoms with Crippen LogP contribution in [0.25, 0.3) is 11.0 Å². The van der Waals surface area contributed by atoms with Crippen molar-refractivity contribution >= 4 is 16.7 Å². The predicted octanol–water partition coefficient (Wildman–Crippen LogP) is 1.96. The number of rotatable bonds is 3. The number of fused-ring (bicyclic) bond motifs is 1. The number of hydrogen-bond acceptors (Lipinski definition) is 4. The first-order valence-corrected chi connectivity index (χ1v) is 8.55. The highest BCUT2D eigenvalue weighted by atomic mass is 15.2. The Morgan fingerprint density at radius 1 is 1.00 bits per heavy atom. The van der Waals surface area contributed by atoms with Crippen LogP contribution < -0.4 is 10.2 Å². The minimum Gasteiger partial charge on any atom is -0.369 e. The van der Waals surface area contributed by atoms with Crippen LogP contribution in [0.2, 0.25) is 0 Å². The summed E-state index contributed by atoms with van der Waals surface area (Å²) in [5.41, 5.74) is 3.57. The monoisotopic (exact) mass is 299 g/mol. The lowest BCUT2D eigenvalue weighted by Crippen LogP contribution is -2.43. The molecule has 5 nitrogen and oxygen atoms in total. The molecular weight excluding hydrogens is 274 g/mol. The van der Waals surface area contributed by atoms with Gasteiger partial charge in [-0.1, -0.05) is 6.42 Å². The van der Waals surface area contributed by atoms with Gasteiger partial charge < -0.3 is 15.2 Å². The lowest BCUT2D eigenvalue weighted by Gasteiger charge is -2.29. The second-order valence-electron chi connectivity index (χ2n) is 6.46. The van der Waals surface area contributed by atoms with Crippen LogP contribution in [0.5, 0.6) is 0 Å². The second kappa shape index (κ2) is 6.26. The molecule has 118 valence electrons. The molecule has 3 heterocycles. The highest BCUT2D eigenvalue weighted by Crippen LogP contribution is 2.22. The summed E-state index contributed by atoms with van der Waals surface area (Å²) in [5, 5.41) is 3.40. The standard InChI is InChI=1S/C17H25N5/c1-2-8-21(9-3-1)13-17-19-15-5-4-14(12-16(15)20-17)22-10-6-18-7-11-22/h4-5,12,18H,1-3,6-11,13H2,(H,19,20). The summed E-state index contributed by atoms with van der Waals surface area (Å²) in [4.78, 5) is 13.3. The van der Waals surface area contributed by atoms with Gasteiger partial charge in [-0.2, -0.15) is 0 Å². The van der Waals surface area contributed by atoms with Crippen molar-refractivity contribution in [2.24, 2.45) is 0 Å². The van der Waals surface area contributed by atoms with Gasteiger partial charge in [-0.3, -0.25) is 4.90 Å². The molecule has 2 fully saturated rings. The van der Waals surface area contributed by atoms with Gasteiger partial charge in [-0.05, 0) is 44.1 Å². The van der Waals surface area contributed by atoms with Crippen LogP contribution in [-0.2, 0) is 6.54 Å². The Morgan fingerprint density at radius 2 is 1.82 bits per heavy atom. The number of H-pyrrole nitrogens is 1. The van der Waals surface area contributed by atoms with Gasteiger partial charge in [0.1, 0.15) is 5.82 Å². The molecule has 0 saturated carbocycles. The summed E-state index contributed by atoms with van der Waals surface area (Å²) >= 11 is 0. The van der Waals surface area contributed by atoms with E-state index in [-0.39, 0.29) is 0 Å². The molecule has 0 radical (unpaired) electrons. The Hall–Kier alpha value is -1.59. The molecule has 4 rings (SSSR count). The number of nitrogens with one attached hydrogen (secondary N) is 2. The number of aromatic amines is 1. The number of benzene rings is 1. The molecule has 5 heteroatoms. The molecule has 22 heavy (non-hydrogen) atoms. The first-order valence-electron chi connectivity index (χ1n) is 8.55. The Balaban J connectivity index is 1.52. The first kappa shape index (κ1) is 14.0. The van der Waals surface area contributed by atoms with Gasteiger partial charge >= 0.3 is 0 Å². The number of hydrogen-bond donors (Lipinski definition) is 2. The van der Waals surface area contributed by atoms with Crippen LogP contribution >= 0.6 is 0 Å². The highest BCUT2D eigenvalue weighted by Gasteiger charge is 2.14. The number of aromatic nitrogens is 2. The molecule has 2 aromatic rings. The van der Waals surface area contributed by atoms with E-state index >= 15 is 0 Å². The lowest BCUT2D eigenvalue weighted by atomic mass is 10.1. The molecule has 0 spiro atoms. The maximum absolute atomic E-state index is 4.76. The fraction of sp³-hybridized carbons (Fsp3) is 0.588. The van der Waals surface area contributed by atoms with Crippen LogP contribution in [0.3, 0.4) is 0 Å². The normalized spacial score (nSPS) is 20.6. The Bertz CT molecular complexity index is 623. The number of anilines is 1. The smallest absolute Gasteiger partial charge is 0.121 e. The largest absolute Gasteiger partial charge is 0.369 e. The predicted molar refractivity (Wildman–Crippen MR) is 90.3 cm³/mol. The molecule has 1 aromatic carbocycles. The molecule has 2 N–H and O–H groups in total. The van der Waals surface area contributed by atoms with E-state index in [4.69, 9.17) is 4.98 Å². The number of piperazine rings is 1. The van der Waals surface area contributed by atoms with Gasteiger partial charge in [-0.25, -0.2) is 4.98 Å². The third-order valence-electron chi connectivity index (χ3n) is 4.82. The van der Waals surface area contributed by atoms with Gasteiger partial charge in [0.2, 0.25) is 0 Å². The number of nitrogens with zero attached hydrogens (tertiary/aromatic N) is 3. The molecule has 0 unspecified atom stereocenters. The summed E-state index contributed by atoms with van der Waals surface area (Å²) in [6, 6.07) is 6.62.